The van der Waals surface area contributed by atoms with Crippen LogP contribution in [0.5, 0.6) is 5.75 Å². The molecular weight excluding hydrogens is 354 g/mol. The van der Waals surface area contributed by atoms with Gasteiger partial charge in [0, 0.05) is 12.1 Å². The molecule has 0 heterocycles. The molecule has 0 bridgehead atoms. The van der Waals surface area contributed by atoms with Crippen molar-refractivity contribution in [3.8, 4) is 5.75 Å². The SMILES string of the molecule is Cc1cc(N=Nc2cc(S(=O)(=O)O)c(C)cc2C)c(NC(C)C)cc1O. The Kier molecular flexibility index (Phi) is 5.68. The van der Waals surface area contributed by atoms with E-state index >= 15 is 0 Å². The molecule has 0 spiro atoms. The van der Waals surface area contributed by atoms with Crippen LogP contribution >= 0.6 is 0 Å². The standard InChI is InChI=1S/C18H23N3O4S/c1-10(2)19-15-8-17(22)12(4)7-16(15)21-20-14-9-18(26(23,24)25)13(5)6-11(14)3/h6-10,19,22H,1-5H3,(H,23,24,25). The number of hydrogen-bond donors (Lipinski definition) is 3. The second kappa shape index (κ2) is 7.43. The number of azo groups is 1. The summed E-state index contributed by atoms with van der Waals surface area (Å²) in [6, 6.07) is 6.32. The Balaban J connectivity index is 2.52. The van der Waals surface area contributed by atoms with Gasteiger partial charge in [-0.3, -0.25) is 4.55 Å². The molecule has 0 unspecified atom stereocenters. The van der Waals surface area contributed by atoms with Crippen molar-refractivity contribution in [3.63, 3.8) is 0 Å². The average Bonchev–Trinajstić information content (AvgIpc) is 2.49. The Morgan fingerprint density at radius 1 is 0.923 bits per heavy atom. The highest BCUT2D eigenvalue weighted by molar-refractivity contribution is 7.85. The van der Waals surface area contributed by atoms with E-state index in [0.29, 0.717) is 28.2 Å². The zero-order valence-corrected chi connectivity index (χ0v) is 16.2. The lowest BCUT2D eigenvalue weighted by atomic mass is 10.1. The van der Waals surface area contributed by atoms with Crippen LogP contribution in [0.15, 0.2) is 39.4 Å². The molecule has 2 rings (SSSR count). The third-order valence-electron chi connectivity index (χ3n) is 3.80. The Bertz CT molecular complexity index is 967. The van der Waals surface area contributed by atoms with Crippen molar-refractivity contribution < 1.29 is 18.1 Å². The minimum absolute atomic E-state index is 0.123. The fourth-order valence-corrected chi connectivity index (χ4v) is 3.23. The quantitative estimate of drug-likeness (QED) is 0.512. The van der Waals surface area contributed by atoms with E-state index in [1.165, 1.54) is 6.07 Å². The maximum absolute atomic E-state index is 11.5. The lowest BCUT2D eigenvalue weighted by molar-refractivity contribution is 0.471. The zero-order chi connectivity index (χ0) is 19.6. The second-order valence-corrected chi connectivity index (χ2v) is 7.92. The molecule has 0 fully saturated rings. The molecule has 3 N–H and O–H groups in total. The Hall–Kier alpha value is -2.45. The number of nitrogens with one attached hydrogen (secondary N) is 1. The largest absolute Gasteiger partial charge is 0.508 e. The van der Waals surface area contributed by atoms with Crippen molar-refractivity contribution in [2.45, 2.75) is 45.6 Å². The van der Waals surface area contributed by atoms with E-state index in [1.807, 2.05) is 13.8 Å². The first-order valence-electron chi connectivity index (χ1n) is 8.09. The Morgan fingerprint density at radius 3 is 2.12 bits per heavy atom. The summed E-state index contributed by atoms with van der Waals surface area (Å²) in [5.74, 6) is 0.146. The summed E-state index contributed by atoms with van der Waals surface area (Å²) in [5, 5.41) is 21.5. The highest BCUT2D eigenvalue weighted by Gasteiger charge is 2.16. The summed E-state index contributed by atoms with van der Waals surface area (Å²) in [6.07, 6.45) is 0. The number of nitrogens with zero attached hydrogens (tertiary/aromatic N) is 2. The van der Waals surface area contributed by atoms with E-state index in [4.69, 9.17) is 0 Å². The Labute approximate surface area is 153 Å². The molecule has 0 aromatic heterocycles. The van der Waals surface area contributed by atoms with E-state index in [0.717, 1.165) is 5.56 Å². The minimum Gasteiger partial charge on any atom is -0.508 e. The van der Waals surface area contributed by atoms with Crippen LogP contribution in [-0.4, -0.2) is 24.1 Å². The molecule has 0 aliphatic carbocycles. The molecule has 2 aromatic carbocycles. The molecule has 0 amide bonds. The predicted molar refractivity (Wildman–Crippen MR) is 102 cm³/mol. The van der Waals surface area contributed by atoms with E-state index in [-0.39, 0.29) is 16.7 Å². The van der Waals surface area contributed by atoms with Crippen LogP contribution in [0.3, 0.4) is 0 Å². The van der Waals surface area contributed by atoms with E-state index in [2.05, 4.69) is 15.5 Å². The first-order valence-corrected chi connectivity index (χ1v) is 9.53. The molecule has 0 saturated heterocycles. The summed E-state index contributed by atoms with van der Waals surface area (Å²) in [7, 11) is -4.34. The van der Waals surface area contributed by atoms with Crippen LogP contribution in [0.1, 0.15) is 30.5 Å². The fraction of sp³-hybridized carbons (Fsp3) is 0.333. The molecule has 7 nitrogen and oxygen atoms in total. The van der Waals surface area contributed by atoms with Crippen molar-refractivity contribution in [2.75, 3.05) is 5.32 Å². The van der Waals surface area contributed by atoms with Crippen LogP contribution in [0, 0.1) is 20.8 Å². The van der Waals surface area contributed by atoms with Gasteiger partial charge < -0.3 is 10.4 Å². The van der Waals surface area contributed by atoms with Gasteiger partial charge in [-0.15, -0.1) is 5.11 Å². The fourth-order valence-electron chi connectivity index (χ4n) is 2.51. The topological polar surface area (TPSA) is 111 Å². The predicted octanol–water partition coefficient (Wildman–Crippen LogP) is 4.80. The second-order valence-electron chi connectivity index (χ2n) is 6.53. The molecule has 26 heavy (non-hydrogen) atoms. The normalized spacial score (nSPS) is 12.1. The van der Waals surface area contributed by atoms with Gasteiger partial charge in [0.05, 0.1) is 16.3 Å². The number of rotatable bonds is 5. The number of hydrogen-bond acceptors (Lipinski definition) is 6. The summed E-state index contributed by atoms with van der Waals surface area (Å²) in [4.78, 5) is -0.195. The number of benzene rings is 2. The molecule has 0 radical (unpaired) electrons. The summed E-state index contributed by atoms with van der Waals surface area (Å²) in [6.45, 7) is 9.05. The van der Waals surface area contributed by atoms with Crippen molar-refractivity contribution in [3.05, 3.63) is 41.0 Å². The average molecular weight is 377 g/mol. The van der Waals surface area contributed by atoms with Crippen LogP contribution in [0.4, 0.5) is 17.1 Å². The van der Waals surface area contributed by atoms with Gasteiger partial charge in [0.2, 0.25) is 0 Å². The van der Waals surface area contributed by atoms with Gasteiger partial charge in [-0.2, -0.15) is 13.5 Å². The minimum atomic E-state index is -4.34. The van der Waals surface area contributed by atoms with E-state index < -0.39 is 10.1 Å². The van der Waals surface area contributed by atoms with Crippen LogP contribution < -0.4 is 5.32 Å². The van der Waals surface area contributed by atoms with Crippen molar-refractivity contribution in [1.82, 2.24) is 0 Å². The molecule has 140 valence electrons. The maximum Gasteiger partial charge on any atom is 0.294 e. The number of aryl methyl sites for hydroxylation is 3. The summed E-state index contributed by atoms with van der Waals surface area (Å²) < 4.78 is 32.3. The molecule has 0 atom stereocenters. The maximum atomic E-state index is 11.5. The highest BCUT2D eigenvalue weighted by Crippen LogP contribution is 2.35. The summed E-state index contributed by atoms with van der Waals surface area (Å²) >= 11 is 0. The summed E-state index contributed by atoms with van der Waals surface area (Å²) in [5.41, 5.74) is 3.28. The van der Waals surface area contributed by atoms with Crippen LogP contribution in [-0.2, 0) is 10.1 Å². The lowest BCUT2D eigenvalue weighted by Crippen LogP contribution is -2.09. The molecule has 2 aromatic rings. The lowest BCUT2D eigenvalue weighted by Gasteiger charge is -2.13. The van der Waals surface area contributed by atoms with Crippen LogP contribution in [0.2, 0.25) is 0 Å². The number of phenolic OH excluding ortho intramolecular Hbond substituents is 1. The monoisotopic (exact) mass is 377 g/mol. The zero-order valence-electron chi connectivity index (χ0n) is 15.4. The van der Waals surface area contributed by atoms with Gasteiger partial charge in [0.15, 0.2) is 0 Å². The number of aromatic hydroxyl groups is 1. The van der Waals surface area contributed by atoms with E-state index in [1.54, 1.807) is 39.0 Å². The van der Waals surface area contributed by atoms with Crippen LogP contribution in [0.25, 0.3) is 0 Å². The molecule has 0 aliphatic heterocycles. The van der Waals surface area contributed by atoms with Gasteiger partial charge in [-0.05, 0) is 63.4 Å². The first kappa shape index (κ1) is 19.9. The Morgan fingerprint density at radius 2 is 1.54 bits per heavy atom. The van der Waals surface area contributed by atoms with Crippen molar-refractivity contribution in [2.24, 2.45) is 10.2 Å². The molecule has 0 aliphatic rings. The van der Waals surface area contributed by atoms with Gasteiger partial charge in [-0.25, -0.2) is 0 Å². The molecular formula is C18H23N3O4S. The van der Waals surface area contributed by atoms with Crippen molar-refractivity contribution in [1.29, 1.82) is 0 Å². The van der Waals surface area contributed by atoms with Crippen molar-refractivity contribution >= 4 is 27.2 Å². The molecule has 0 saturated carbocycles. The number of anilines is 1. The number of phenols is 1. The highest BCUT2D eigenvalue weighted by atomic mass is 32.2. The smallest absolute Gasteiger partial charge is 0.294 e. The van der Waals surface area contributed by atoms with Gasteiger partial charge >= 0.3 is 0 Å². The van der Waals surface area contributed by atoms with Gasteiger partial charge in [0.25, 0.3) is 10.1 Å². The third-order valence-corrected chi connectivity index (χ3v) is 4.79. The first-order chi connectivity index (χ1) is 12.0. The third kappa shape index (κ3) is 4.59. The van der Waals surface area contributed by atoms with E-state index in [9.17, 15) is 18.1 Å². The van der Waals surface area contributed by atoms with Gasteiger partial charge in [0.1, 0.15) is 11.4 Å². The molecule has 8 heteroatoms. The van der Waals surface area contributed by atoms with Gasteiger partial charge in [-0.1, -0.05) is 6.07 Å².